The monoisotopic (exact) mass is 400 g/mol. The van der Waals surface area contributed by atoms with Gasteiger partial charge in [0.1, 0.15) is 11.5 Å². The number of hydrogen-bond donors (Lipinski definition) is 2. The first-order valence-corrected chi connectivity index (χ1v) is 10.1. The molecule has 0 atom stereocenters. The second-order valence-corrected chi connectivity index (χ2v) is 7.61. The van der Waals surface area contributed by atoms with Crippen molar-refractivity contribution in [3.8, 4) is 5.75 Å². The first-order chi connectivity index (χ1) is 13.5. The number of carbonyl (C=O) groups excluding carboxylic acids is 1. The van der Waals surface area contributed by atoms with Crippen LogP contribution in [0.2, 0.25) is 0 Å². The van der Waals surface area contributed by atoms with Gasteiger partial charge in [0.05, 0.1) is 24.3 Å². The van der Waals surface area contributed by atoms with E-state index in [1.54, 1.807) is 36.4 Å². The van der Waals surface area contributed by atoms with E-state index in [1.165, 1.54) is 30.5 Å². The zero-order valence-electron chi connectivity index (χ0n) is 15.2. The van der Waals surface area contributed by atoms with Gasteiger partial charge in [0.25, 0.3) is 5.91 Å². The van der Waals surface area contributed by atoms with Gasteiger partial charge < -0.3 is 14.5 Å². The molecule has 3 rings (SSSR count). The quantitative estimate of drug-likeness (QED) is 0.604. The highest BCUT2D eigenvalue weighted by Gasteiger charge is 2.15. The fourth-order valence-electron chi connectivity index (χ4n) is 2.45. The Morgan fingerprint density at radius 1 is 1.04 bits per heavy atom. The number of furan rings is 1. The van der Waals surface area contributed by atoms with Crippen molar-refractivity contribution in [3.05, 3.63) is 78.3 Å². The number of ether oxygens (including phenoxy) is 1. The van der Waals surface area contributed by atoms with E-state index in [0.717, 1.165) is 0 Å². The standard InChI is InChI=1S/C20H20N2O5S/c1-2-26-17-9-5-15(6-10-17)20(23)22-16-7-11-19(12-8-16)28(24,25)21-14-18-4-3-13-27-18/h3-13,21H,2,14H2,1H3,(H,22,23). The Bertz CT molecular complexity index is 1010. The fourth-order valence-corrected chi connectivity index (χ4v) is 3.45. The minimum Gasteiger partial charge on any atom is -0.494 e. The summed E-state index contributed by atoms with van der Waals surface area (Å²) in [4.78, 5) is 12.4. The van der Waals surface area contributed by atoms with Crippen LogP contribution < -0.4 is 14.8 Å². The number of amides is 1. The number of rotatable bonds is 8. The van der Waals surface area contributed by atoms with E-state index in [1.807, 2.05) is 6.92 Å². The summed E-state index contributed by atoms with van der Waals surface area (Å²) in [5.41, 5.74) is 0.962. The molecule has 0 saturated heterocycles. The Morgan fingerprint density at radius 3 is 2.36 bits per heavy atom. The van der Waals surface area contributed by atoms with Crippen LogP contribution in [0.4, 0.5) is 5.69 Å². The SMILES string of the molecule is CCOc1ccc(C(=O)Nc2ccc(S(=O)(=O)NCc3ccco3)cc2)cc1. The van der Waals surface area contributed by atoms with Crippen molar-refractivity contribution in [3.63, 3.8) is 0 Å². The van der Waals surface area contributed by atoms with E-state index in [4.69, 9.17) is 9.15 Å². The number of sulfonamides is 1. The first kappa shape index (κ1) is 19.7. The van der Waals surface area contributed by atoms with Crippen LogP contribution in [-0.4, -0.2) is 20.9 Å². The fraction of sp³-hybridized carbons (Fsp3) is 0.150. The third-order valence-electron chi connectivity index (χ3n) is 3.87. The molecule has 0 aliphatic rings. The van der Waals surface area contributed by atoms with Gasteiger partial charge in [0, 0.05) is 11.3 Å². The molecule has 2 N–H and O–H groups in total. The highest BCUT2D eigenvalue weighted by molar-refractivity contribution is 7.89. The van der Waals surface area contributed by atoms with Gasteiger partial charge in [0.2, 0.25) is 10.0 Å². The van der Waals surface area contributed by atoms with Crippen molar-refractivity contribution in [2.75, 3.05) is 11.9 Å². The minimum absolute atomic E-state index is 0.0611. The average Bonchev–Trinajstić information content (AvgIpc) is 3.21. The molecule has 1 amide bonds. The van der Waals surface area contributed by atoms with Gasteiger partial charge in [-0.15, -0.1) is 0 Å². The lowest BCUT2D eigenvalue weighted by Crippen LogP contribution is -2.23. The largest absolute Gasteiger partial charge is 0.494 e. The molecule has 2 aromatic carbocycles. The summed E-state index contributed by atoms with van der Waals surface area (Å²) in [7, 11) is -3.68. The summed E-state index contributed by atoms with van der Waals surface area (Å²) in [6.07, 6.45) is 1.48. The van der Waals surface area contributed by atoms with Crippen molar-refractivity contribution < 1.29 is 22.4 Å². The molecular formula is C20H20N2O5S. The lowest BCUT2D eigenvalue weighted by Gasteiger charge is -2.09. The van der Waals surface area contributed by atoms with Crippen LogP contribution in [-0.2, 0) is 16.6 Å². The van der Waals surface area contributed by atoms with E-state index in [2.05, 4.69) is 10.0 Å². The van der Waals surface area contributed by atoms with Crippen LogP contribution in [0.15, 0.2) is 76.2 Å². The molecule has 0 unspecified atom stereocenters. The van der Waals surface area contributed by atoms with Crippen LogP contribution in [0.3, 0.4) is 0 Å². The third kappa shape index (κ3) is 4.99. The Morgan fingerprint density at radius 2 is 1.75 bits per heavy atom. The van der Waals surface area contributed by atoms with E-state index < -0.39 is 10.0 Å². The maximum Gasteiger partial charge on any atom is 0.255 e. The Labute approximate surface area is 163 Å². The Kier molecular flexibility index (Phi) is 6.13. The van der Waals surface area contributed by atoms with Gasteiger partial charge in [-0.3, -0.25) is 4.79 Å². The topological polar surface area (TPSA) is 97.6 Å². The summed E-state index contributed by atoms with van der Waals surface area (Å²) < 4.78 is 37.5. The van der Waals surface area contributed by atoms with E-state index in [9.17, 15) is 13.2 Å². The molecule has 0 aliphatic heterocycles. The van der Waals surface area contributed by atoms with E-state index in [0.29, 0.717) is 29.4 Å². The number of anilines is 1. The van der Waals surface area contributed by atoms with Gasteiger partial charge in [-0.1, -0.05) is 0 Å². The van der Waals surface area contributed by atoms with E-state index in [-0.39, 0.29) is 17.3 Å². The third-order valence-corrected chi connectivity index (χ3v) is 5.28. The van der Waals surface area contributed by atoms with Crippen LogP contribution >= 0.6 is 0 Å². The molecule has 28 heavy (non-hydrogen) atoms. The van der Waals surface area contributed by atoms with Gasteiger partial charge in [-0.2, -0.15) is 0 Å². The molecule has 0 fully saturated rings. The van der Waals surface area contributed by atoms with Gasteiger partial charge in [-0.25, -0.2) is 13.1 Å². The molecule has 0 radical (unpaired) electrons. The first-order valence-electron chi connectivity index (χ1n) is 8.64. The molecule has 146 valence electrons. The maximum atomic E-state index is 12.3. The van der Waals surface area contributed by atoms with Crippen molar-refractivity contribution in [2.24, 2.45) is 0 Å². The lowest BCUT2D eigenvalue weighted by molar-refractivity contribution is 0.102. The number of hydrogen-bond acceptors (Lipinski definition) is 5. The highest BCUT2D eigenvalue weighted by atomic mass is 32.2. The summed E-state index contributed by atoms with van der Waals surface area (Å²) in [6, 6.07) is 16.1. The van der Waals surface area contributed by atoms with Gasteiger partial charge >= 0.3 is 0 Å². The van der Waals surface area contributed by atoms with Gasteiger partial charge in [-0.05, 0) is 67.6 Å². The maximum absolute atomic E-state index is 12.3. The molecule has 0 bridgehead atoms. The van der Waals surface area contributed by atoms with Crippen LogP contribution in [0.1, 0.15) is 23.0 Å². The van der Waals surface area contributed by atoms with Crippen molar-refractivity contribution in [1.29, 1.82) is 0 Å². The Balaban J connectivity index is 1.62. The number of nitrogens with one attached hydrogen (secondary N) is 2. The van der Waals surface area contributed by atoms with Crippen LogP contribution in [0, 0.1) is 0 Å². The molecular weight excluding hydrogens is 380 g/mol. The molecule has 8 heteroatoms. The van der Waals surface area contributed by atoms with Crippen molar-refractivity contribution >= 4 is 21.6 Å². The molecule has 1 aromatic heterocycles. The minimum atomic E-state index is -3.68. The van der Waals surface area contributed by atoms with Crippen LogP contribution in [0.5, 0.6) is 5.75 Å². The number of benzene rings is 2. The van der Waals surface area contributed by atoms with E-state index >= 15 is 0 Å². The normalized spacial score (nSPS) is 11.2. The average molecular weight is 400 g/mol. The predicted molar refractivity (Wildman–Crippen MR) is 105 cm³/mol. The molecule has 0 spiro atoms. The summed E-state index contributed by atoms with van der Waals surface area (Å²) >= 11 is 0. The molecule has 0 saturated carbocycles. The summed E-state index contributed by atoms with van der Waals surface area (Å²) in [6.45, 7) is 2.50. The van der Waals surface area contributed by atoms with Crippen molar-refractivity contribution in [1.82, 2.24) is 4.72 Å². The molecule has 7 nitrogen and oxygen atoms in total. The molecule has 3 aromatic rings. The zero-order valence-corrected chi connectivity index (χ0v) is 16.0. The summed E-state index contributed by atoms with van der Waals surface area (Å²) in [5.74, 6) is 0.910. The van der Waals surface area contributed by atoms with Crippen molar-refractivity contribution in [2.45, 2.75) is 18.4 Å². The van der Waals surface area contributed by atoms with Gasteiger partial charge in [0.15, 0.2) is 0 Å². The van der Waals surface area contributed by atoms with Crippen LogP contribution in [0.25, 0.3) is 0 Å². The summed E-state index contributed by atoms with van der Waals surface area (Å²) in [5, 5.41) is 2.73. The Hall–Kier alpha value is -3.10. The smallest absolute Gasteiger partial charge is 0.255 e. The second-order valence-electron chi connectivity index (χ2n) is 5.84. The zero-order chi connectivity index (χ0) is 20.0. The predicted octanol–water partition coefficient (Wildman–Crippen LogP) is 3.41. The lowest BCUT2D eigenvalue weighted by atomic mass is 10.2. The highest BCUT2D eigenvalue weighted by Crippen LogP contribution is 2.17. The second kappa shape index (κ2) is 8.73. The number of carbonyl (C=O) groups is 1. The molecule has 0 aliphatic carbocycles. The molecule has 1 heterocycles.